The van der Waals surface area contributed by atoms with Gasteiger partial charge in [-0.15, -0.1) is 0 Å². The van der Waals surface area contributed by atoms with Crippen LogP contribution in [0.3, 0.4) is 0 Å². The number of rotatable bonds is 1. The first-order chi connectivity index (χ1) is 5.24. The Labute approximate surface area is 69.9 Å². The predicted octanol–water partition coefficient (Wildman–Crippen LogP) is 1.07. The van der Waals surface area contributed by atoms with Crippen molar-refractivity contribution in [1.29, 1.82) is 0 Å². The van der Waals surface area contributed by atoms with E-state index < -0.39 is 0 Å². The first-order valence-corrected chi connectivity index (χ1v) is 3.46. The van der Waals surface area contributed by atoms with Crippen LogP contribution < -0.4 is 5.73 Å². The molecule has 3 nitrogen and oxygen atoms in total. The summed E-state index contributed by atoms with van der Waals surface area (Å²) in [6.07, 6.45) is 1.54. The predicted molar refractivity (Wildman–Crippen MR) is 45.9 cm³/mol. The zero-order chi connectivity index (χ0) is 8.27. The number of hydrogen-bond acceptors (Lipinski definition) is 2. The maximum Gasteiger partial charge on any atom is 0.144 e. The lowest BCUT2D eigenvalue weighted by Crippen LogP contribution is -2.14. The fourth-order valence-corrected chi connectivity index (χ4v) is 0.754. The Bertz CT molecular complexity index is 266. The quantitative estimate of drug-likeness (QED) is 0.505. The van der Waals surface area contributed by atoms with Gasteiger partial charge in [0.05, 0.1) is 5.02 Å². The Morgan fingerprint density at radius 2 is 2.36 bits per heavy atom. The number of halogens is 1. The molecule has 0 saturated heterocycles. The summed E-state index contributed by atoms with van der Waals surface area (Å²) in [4.78, 5) is 7.74. The molecule has 0 aliphatic heterocycles. The minimum atomic E-state index is 0.418. The van der Waals surface area contributed by atoms with Gasteiger partial charge in [0.1, 0.15) is 11.5 Å². The van der Waals surface area contributed by atoms with E-state index in [1.807, 2.05) is 0 Å². The second kappa shape index (κ2) is 3.34. The van der Waals surface area contributed by atoms with Crippen molar-refractivity contribution >= 4 is 17.4 Å². The highest BCUT2D eigenvalue weighted by Crippen LogP contribution is 2.05. The van der Waals surface area contributed by atoms with Crippen LogP contribution in [-0.2, 0) is 0 Å². The second-order valence-electron chi connectivity index (χ2n) is 1.97. The van der Waals surface area contributed by atoms with Crippen LogP contribution in [0.15, 0.2) is 23.3 Å². The van der Waals surface area contributed by atoms with E-state index in [0.717, 1.165) is 0 Å². The van der Waals surface area contributed by atoms with Crippen LogP contribution in [0.5, 0.6) is 0 Å². The molecule has 2 N–H and O–H groups in total. The van der Waals surface area contributed by atoms with Crippen LogP contribution in [0.25, 0.3) is 0 Å². The fourth-order valence-electron chi connectivity index (χ4n) is 0.642. The Morgan fingerprint density at radius 3 is 2.82 bits per heavy atom. The maximum absolute atomic E-state index is 5.62. The normalized spacial score (nSPS) is 11.6. The number of nitrogens with zero attached hydrogens (tertiary/aromatic N) is 2. The highest BCUT2D eigenvalue weighted by atomic mass is 35.5. The molecule has 11 heavy (non-hydrogen) atoms. The molecule has 58 valence electrons. The zero-order valence-electron chi connectivity index (χ0n) is 6.08. The van der Waals surface area contributed by atoms with Gasteiger partial charge in [0.2, 0.25) is 0 Å². The van der Waals surface area contributed by atoms with Gasteiger partial charge in [-0.1, -0.05) is 11.6 Å². The van der Waals surface area contributed by atoms with Gasteiger partial charge in [-0.2, -0.15) is 0 Å². The lowest BCUT2D eigenvalue weighted by Gasteiger charge is -1.96. The van der Waals surface area contributed by atoms with E-state index in [2.05, 4.69) is 9.98 Å². The van der Waals surface area contributed by atoms with E-state index in [4.69, 9.17) is 17.3 Å². The SMILES string of the molecule is CN=C(N)c1ccc(Cl)cn1. The Hall–Kier alpha value is -1.09. The molecule has 0 aliphatic carbocycles. The highest BCUT2D eigenvalue weighted by Gasteiger charge is 1.96. The third-order valence-corrected chi connectivity index (χ3v) is 1.45. The van der Waals surface area contributed by atoms with E-state index in [1.54, 1.807) is 19.2 Å². The van der Waals surface area contributed by atoms with E-state index in [-0.39, 0.29) is 0 Å². The van der Waals surface area contributed by atoms with Crippen molar-refractivity contribution in [2.75, 3.05) is 7.05 Å². The minimum absolute atomic E-state index is 0.418. The zero-order valence-corrected chi connectivity index (χ0v) is 6.84. The largest absolute Gasteiger partial charge is 0.382 e. The number of pyridine rings is 1. The summed E-state index contributed by atoms with van der Waals surface area (Å²) in [6.45, 7) is 0. The molecule has 0 unspecified atom stereocenters. The van der Waals surface area contributed by atoms with Gasteiger partial charge in [-0.05, 0) is 12.1 Å². The molecular weight excluding hydrogens is 162 g/mol. The molecular formula is C7H8ClN3. The third-order valence-electron chi connectivity index (χ3n) is 1.23. The summed E-state index contributed by atoms with van der Waals surface area (Å²) in [5.74, 6) is 0.418. The minimum Gasteiger partial charge on any atom is -0.382 e. The van der Waals surface area contributed by atoms with Gasteiger partial charge >= 0.3 is 0 Å². The van der Waals surface area contributed by atoms with E-state index in [0.29, 0.717) is 16.6 Å². The number of hydrogen-bond donors (Lipinski definition) is 1. The van der Waals surface area contributed by atoms with Crippen molar-refractivity contribution in [2.45, 2.75) is 0 Å². The van der Waals surface area contributed by atoms with Gasteiger partial charge in [0, 0.05) is 13.2 Å². The van der Waals surface area contributed by atoms with Crippen LogP contribution in [0, 0.1) is 0 Å². The number of aromatic nitrogens is 1. The summed E-state index contributed by atoms with van der Waals surface area (Å²) in [5.41, 5.74) is 6.14. The molecule has 0 amide bonds. The number of amidine groups is 1. The topological polar surface area (TPSA) is 51.3 Å². The Balaban J connectivity index is 2.99. The summed E-state index contributed by atoms with van der Waals surface area (Å²) in [5, 5.41) is 0.595. The molecule has 0 atom stereocenters. The van der Waals surface area contributed by atoms with Crippen molar-refractivity contribution in [3.05, 3.63) is 29.0 Å². The number of nitrogens with two attached hydrogens (primary N) is 1. The molecule has 1 aromatic rings. The molecule has 0 saturated carbocycles. The standard InChI is InChI=1S/C7H8ClN3/c1-10-7(9)6-3-2-5(8)4-11-6/h2-4H,1H3,(H2,9,10). The third kappa shape index (κ3) is 1.91. The number of aliphatic imine (C=N–C) groups is 1. The van der Waals surface area contributed by atoms with Gasteiger partial charge in [-0.3, -0.25) is 9.98 Å². The highest BCUT2D eigenvalue weighted by molar-refractivity contribution is 6.30. The van der Waals surface area contributed by atoms with Crippen LogP contribution in [0.4, 0.5) is 0 Å². The van der Waals surface area contributed by atoms with Crippen molar-refractivity contribution in [1.82, 2.24) is 4.98 Å². The Kier molecular flexibility index (Phi) is 2.44. The average Bonchev–Trinajstić information content (AvgIpc) is 2.05. The lowest BCUT2D eigenvalue weighted by molar-refractivity contribution is 1.26. The Morgan fingerprint density at radius 1 is 1.64 bits per heavy atom. The first-order valence-electron chi connectivity index (χ1n) is 3.08. The van der Waals surface area contributed by atoms with Crippen LogP contribution in [0.2, 0.25) is 5.02 Å². The van der Waals surface area contributed by atoms with E-state index >= 15 is 0 Å². The van der Waals surface area contributed by atoms with Gasteiger partial charge in [0.15, 0.2) is 0 Å². The van der Waals surface area contributed by atoms with Crippen molar-refractivity contribution in [3.63, 3.8) is 0 Å². The molecule has 0 radical (unpaired) electrons. The molecule has 1 aromatic heterocycles. The van der Waals surface area contributed by atoms with Crippen LogP contribution in [-0.4, -0.2) is 17.9 Å². The molecule has 0 aliphatic rings. The molecule has 0 fully saturated rings. The first kappa shape index (κ1) is 8.01. The molecule has 0 aromatic carbocycles. The van der Waals surface area contributed by atoms with Crippen LogP contribution in [0.1, 0.15) is 5.69 Å². The van der Waals surface area contributed by atoms with Crippen molar-refractivity contribution < 1.29 is 0 Å². The maximum atomic E-state index is 5.62. The van der Waals surface area contributed by atoms with E-state index in [9.17, 15) is 0 Å². The summed E-state index contributed by atoms with van der Waals surface area (Å²) in [6, 6.07) is 3.45. The smallest absolute Gasteiger partial charge is 0.144 e. The fraction of sp³-hybridized carbons (Fsp3) is 0.143. The summed E-state index contributed by atoms with van der Waals surface area (Å²) < 4.78 is 0. The molecule has 1 rings (SSSR count). The summed E-state index contributed by atoms with van der Waals surface area (Å²) in [7, 11) is 1.62. The summed E-state index contributed by atoms with van der Waals surface area (Å²) >= 11 is 5.62. The monoisotopic (exact) mass is 169 g/mol. The molecule has 4 heteroatoms. The molecule has 1 heterocycles. The lowest BCUT2D eigenvalue weighted by atomic mass is 10.3. The van der Waals surface area contributed by atoms with Gasteiger partial charge in [-0.25, -0.2) is 0 Å². The molecule has 0 spiro atoms. The van der Waals surface area contributed by atoms with Crippen molar-refractivity contribution in [3.8, 4) is 0 Å². The van der Waals surface area contributed by atoms with Crippen LogP contribution >= 0.6 is 11.6 Å². The average molecular weight is 170 g/mol. The van der Waals surface area contributed by atoms with Crippen molar-refractivity contribution in [2.24, 2.45) is 10.7 Å². The second-order valence-corrected chi connectivity index (χ2v) is 2.41. The van der Waals surface area contributed by atoms with Gasteiger partial charge in [0.25, 0.3) is 0 Å². The van der Waals surface area contributed by atoms with Gasteiger partial charge < -0.3 is 5.73 Å². The van der Waals surface area contributed by atoms with E-state index in [1.165, 1.54) is 6.20 Å². The molecule has 0 bridgehead atoms.